The lowest BCUT2D eigenvalue weighted by Gasteiger charge is -2.41. The average Bonchev–Trinajstić information content (AvgIpc) is 3.16. The molecule has 0 radical (unpaired) electrons. The van der Waals surface area contributed by atoms with Gasteiger partial charge in [-0.25, -0.2) is 4.79 Å². The predicted molar refractivity (Wildman–Crippen MR) is 181 cm³/mol. The molecule has 11 atom stereocenters. The third-order valence-electron chi connectivity index (χ3n) is 8.98. The predicted octanol–water partition coefficient (Wildman–Crippen LogP) is -1.05. The van der Waals surface area contributed by atoms with E-state index < -0.39 is 110 Å². The Kier molecular flexibility index (Phi) is 11.6. The zero-order chi connectivity index (χ0) is 39.7. The summed E-state index contributed by atoms with van der Waals surface area (Å²) in [4.78, 5) is 12.4. The molecule has 3 aliphatic rings. The fourth-order valence-electron chi connectivity index (χ4n) is 5.97. The lowest BCUT2D eigenvalue weighted by atomic mass is 9.98. The third-order valence-corrected chi connectivity index (χ3v) is 8.98. The molecule has 2 fully saturated rings. The van der Waals surface area contributed by atoms with Gasteiger partial charge < -0.3 is 89.7 Å². The first kappa shape index (κ1) is 39.3. The van der Waals surface area contributed by atoms with Crippen molar-refractivity contribution < 1.29 is 94.5 Å². The highest BCUT2D eigenvalue weighted by molar-refractivity contribution is 5.87. The van der Waals surface area contributed by atoms with E-state index in [1.54, 1.807) is 12.1 Å². The Morgan fingerprint density at radius 1 is 0.709 bits per heavy atom. The molecule has 19 nitrogen and oxygen atoms in total. The summed E-state index contributed by atoms with van der Waals surface area (Å²) in [7, 11) is 0. The largest absolute Gasteiger partial charge is 0.508 e. The average molecular weight is 775 g/mol. The number of hydrogen-bond donors (Lipinski definition) is 12. The molecule has 0 aliphatic carbocycles. The van der Waals surface area contributed by atoms with Crippen LogP contribution in [0.25, 0.3) is 12.2 Å². The highest BCUT2D eigenvalue weighted by Crippen LogP contribution is 2.47. The number of carbonyl (C=O) groups excluding carboxylic acids is 1. The van der Waals surface area contributed by atoms with Crippen LogP contribution in [0.15, 0.2) is 60.4 Å². The fraction of sp³-hybridized carbons (Fsp3) is 0.361. The number of aliphatic hydroxyl groups excluding tert-OH is 7. The molecule has 0 bridgehead atoms. The normalized spacial score (nSPS) is 30.5. The number of carbonyl (C=O) groups is 1. The van der Waals surface area contributed by atoms with E-state index in [-0.39, 0.29) is 34.1 Å². The fourth-order valence-corrected chi connectivity index (χ4v) is 5.97. The molecule has 6 rings (SSSR count). The maximum absolute atomic E-state index is 12.4. The van der Waals surface area contributed by atoms with Crippen LogP contribution < -0.4 is 9.47 Å². The van der Waals surface area contributed by atoms with E-state index in [4.69, 9.17) is 28.4 Å². The lowest BCUT2D eigenvalue weighted by molar-refractivity contribution is -0.293. The molecule has 0 saturated carbocycles. The Hall–Kier alpha value is -5.35. The lowest BCUT2D eigenvalue weighted by Crippen LogP contribution is -2.60. The van der Waals surface area contributed by atoms with E-state index in [1.165, 1.54) is 24.3 Å². The molecular weight excluding hydrogens is 736 g/mol. The van der Waals surface area contributed by atoms with Crippen molar-refractivity contribution in [1.29, 1.82) is 0 Å². The first-order valence-electron chi connectivity index (χ1n) is 16.6. The Morgan fingerprint density at radius 3 is 1.95 bits per heavy atom. The molecule has 0 amide bonds. The van der Waals surface area contributed by atoms with Crippen molar-refractivity contribution in [3.05, 3.63) is 77.1 Å². The van der Waals surface area contributed by atoms with Crippen molar-refractivity contribution in [3.8, 4) is 40.2 Å². The van der Waals surface area contributed by atoms with Gasteiger partial charge in [-0.15, -0.1) is 0 Å². The van der Waals surface area contributed by atoms with Crippen LogP contribution in [0, 0.1) is 0 Å². The Bertz CT molecular complexity index is 1890. The van der Waals surface area contributed by atoms with Gasteiger partial charge in [-0.3, -0.25) is 0 Å². The summed E-state index contributed by atoms with van der Waals surface area (Å²) in [5.41, 5.74) is 0.466. The molecule has 3 aromatic rings. The van der Waals surface area contributed by atoms with Crippen molar-refractivity contribution >= 4 is 18.1 Å². The first-order valence-corrected chi connectivity index (χ1v) is 16.6. The van der Waals surface area contributed by atoms with Gasteiger partial charge in [0, 0.05) is 23.8 Å². The SMILES string of the molecule is O=C(/C=C/c1ccc(O)cc1)OC[C@H]1O[C@@H](Oc2cc(O)cc3c2C=C(O[C@@H]2O[C@@H](CO)[C@@H](O)[C@H](O)[C@@H]2O)C(c2cc(O)c(O)c(O)c2)O3)[C@H](O)[C@@H](O)[C@@H]1O. The van der Waals surface area contributed by atoms with Gasteiger partial charge in [0.05, 0.1) is 12.2 Å². The zero-order valence-corrected chi connectivity index (χ0v) is 28.3. The van der Waals surface area contributed by atoms with E-state index in [0.717, 1.165) is 30.3 Å². The van der Waals surface area contributed by atoms with Crippen molar-refractivity contribution in [2.24, 2.45) is 0 Å². The van der Waals surface area contributed by atoms with E-state index in [9.17, 15) is 66.1 Å². The number of phenolic OH excluding ortho intramolecular Hbond substituents is 5. The van der Waals surface area contributed by atoms with E-state index in [0.29, 0.717) is 5.56 Å². The van der Waals surface area contributed by atoms with Gasteiger partial charge in [0.1, 0.15) is 84.2 Å². The quantitative estimate of drug-likeness (QED) is 0.0664. The van der Waals surface area contributed by atoms with Gasteiger partial charge in [-0.1, -0.05) is 12.1 Å². The molecule has 0 spiro atoms. The number of fused-ring (bicyclic) bond motifs is 1. The minimum atomic E-state index is -1.91. The molecule has 0 aromatic heterocycles. The van der Waals surface area contributed by atoms with Gasteiger partial charge >= 0.3 is 5.97 Å². The molecule has 1 unspecified atom stereocenters. The summed E-state index contributed by atoms with van der Waals surface area (Å²) >= 11 is 0. The number of rotatable bonds is 10. The number of phenols is 5. The van der Waals surface area contributed by atoms with Gasteiger partial charge in [-0.05, 0) is 42.0 Å². The second-order valence-corrected chi connectivity index (χ2v) is 12.8. The van der Waals surface area contributed by atoms with Crippen LogP contribution in [0.1, 0.15) is 22.8 Å². The highest BCUT2D eigenvalue weighted by atomic mass is 16.7. The number of aliphatic hydroxyl groups is 7. The maximum atomic E-state index is 12.4. The summed E-state index contributed by atoms with van der Waals surface area (Å²) < 4.78 is 34.2. The van der Waals surface area contributed by atoms with Crippen molar-refractivity contribution in [1.82, 2.24) is 0 Å². The molecular formula is C36H38O19. The van der Waals surface area contributed by atoms with E-state index in [1.807, 2.05) is 0 Å². The number of hydrogen-bond acceptors (Lipinski definition) is 19. The molecule has 19 heteroatoms. The number of aromatic hydroxyl groups is 5. The summed E-state index contributed by atoms with van der Waals surface area (Å²) in [6.45, 7) is -1.40. The molecule has 55 heavy (non-hydrogen) atoms. The van der Waals surface area contributed by atoms with Crippen LogP contribution in [-0.4, -0.2) is 142 Å². The highest BCUT2D eigenvalue weighted by Gasteiger charge is 2.47. The summed E-state index contributed by atoms with van der Waals surface area (Å²) in [5.74, 6) is -4.42. The van der Waals surface area contributed by atoms with Crippen LogP contribution >= 0.6 is 0 Å². The van der Waals surface area contributed by atoms with Crippen LogP contribution in [0.5, 0.6) is 40.2 Å². The maximum Gasteiger partial charge on any atom is 0.330 e. The second-order valence-electron chi connectivity index (χ2n) is 12.8. The summed E-state index contributed by atoms with van der Waals surface area (Å²) in [6, 6.07) is 10.1. The topological polar surface area (TPSA) is 315 Å². The molecule has 3 aromatic carbocycles. The first-order chi connectivity index (χ1) is 26.1. The van der Waals surface area contributed by atoms with Crippen molar-refractivity contribution in [3.63, 3.8) is 0 Å². The summed E-state index contributed by atoms with van der Waals surface area (Å²) in [5, 5.41) is 124. The number of esters is 1. The minimum Gasteiger partial charge on any atom is -0.508 e. The minimum absolute atomic E-state index is 0.0258. The van der Waals surface area contributed by atoms with Crippen LogP contribution in [0.2, 0.25) is 0 Å². The zero-order valence-electron chi connectivity index (χ0n) is 28.3. The summed E-state index contributed by atoms with van der Waals surface area (Å²) in [6.07, 6.45) is -15.2. The van der Waals surface area contributed by atoms with Gasteiger partial charge in [0.25, 0.3) is 0 Å². The van der Waals surface area contributed by atoms with Gasteiger partial charge in [0.2, 0.25) is 12.6 Å². The molecule has 296 valence electrons. The Labute approximate surface area is 310 Å². The Balaban J connectivity index is 1.28. The Morgan fingerprint density at radius 2 is 1.31 bits per heavy atom. The van der Waals surface area contributed by atoms with E-state index >= 15 is 0 Å². The monoisotopic (exact) mass is 774 g/mol. The van der Waals surface area contributed by atoms with Crippen LogP contribution in [-0.2, 0) is 23.7 Å². The smallest absolute Gasteiger partial charge is 0.330 e. The standard InChI is InChI=1S/C36H38O19/c37-12-24-28(44)30(46)32(48)36(54-24)53-23-11-18-21(51-34(23)15-7-19(40)27(43)20(41)8-15)9-17(39)10-22(18)52-35-33(49)31(47)29(45)25(55-35)13-50-26(42)6-3-14-1-4-16(38)5-2-14/h1-11,24-25,28-41,43-49H,12-13H2/b6-3+/t24-,25+,28+,29+,30-,31-,32-,33+,34?,35+,36+/m0/s1. The van der Waals surface area contributed by atoms with Crippen molar-refractivity contribution in [2.45, 2.75) is 67.5 Å². The van der Waals surface area contributed by atoms with Crippen LogP contribution in [0.4, 0.5) is 0 Å². The molecule has 3 heterocycles. The molecule has 12 N–H and O–H groups in total. The molecule has 2 saturated heterocycles. The second kappa shape index (κ2) is 16.2. The third kappa shape index (κ3) is 8.34. The van der Waals surface area contributed by atoms with Gasteiger partial charge in [-0.2, -0.15) is 0 Å². The molecule has 3 aliphatic heterocycles. The van der Waals surface area contributed by atoms with Gasteiger partial charge in [0.15, 0.2) is 23.4 Å². The van der Waals surface area contributed by atoms with Crippen molar-refractivity contribution in [2.75, 3.05) is 13.2 Å². The number of ether oxygens (including phenoxy) is 6. The van der Waals surface area contributed by atoms with E-state index in [2.05, 4.69) is 0 Å². The van der Waals surface area contributed by atoms with Crippen LogP contribution in [0.3, 0.4) is 0 Å². The number of benzene rings is 3.